The Labute approximate surface area is 166 Å². The molecule has 0 spiro atoms. The first-order valence-electron chi connectivity index (χ1n) is 9.91. The average Bonchev–Trinajstić information content (AvgIpc) is 2.75. The minimum Gasteiger partial charge on any atom is -0.493 e. The van der Waals surface area contributed by atoms with Gasteiger partial charge in [-0.15, -0.1) is 0 Å². The van der Waals surface area contributed by atoms with E-state index >= 15 is 0 Å². The number of amides is 1. The Kier molecular flexibility index (Phi) is 7.12. The lowest BCUT2D eigenvalue weighted by molar-refractivity contribution is -0.120. The second-order valence-corrected chi connectivity index (χ2v) is 7.12. The normalized spacial score (nSPS) is 14.4. The highest BCUT2D eigenvalue weighted by atomic mass is 16.5. The Morgan fingerprint density at radius 2 is 1.86 bits per heavy atom. The molecule has 0 saturated heterocycles. The van der Waals surface area contributed by atoms with E-state index in [0.29, 0.717) is 5.82 Å². The van der Waals surface area contributed by atoms with Crippen LogP contribution in [-0.4, -0.2) is 31.7 Å². The first-order valence-corrected chi connectivity index (χ1v) is 9.91. The standard InChI is InChI=1S/C22H29N3O3/c1-27-19-10-8-16(14-20(19)28-2)12-13-23-18-9-11-21(24-15-18)25-22(26)17-6-4-3-5-7-17/h8-11,14-15,17,23H,3-7,12-13H2,1-2H3,(H,24,25,26). The van der Waals surface area contributed by atoms with Crippen molar-refractivity contribution in [1.29, 1.82) is 0 Å². The van der Waals surface area contributed by atoms with Crippen molar-refractivity contribution in [3.8, 4) is 11.5 Å². The highest BCUT2D eigenvalue weighted by Crippen LogP contribution is 2.28. The van der Waals surface area contributed by atoms with Gasteiger partial charge in [-0.1, -0.05) is 25.3 Å². The van der Waals surface area contributed by atoms with Gasteiger partial charge in [0.25, 0.3) is 0 Å². The van der Waals surface area contributed by atoms with Gasteiger partial charge in [-0.2, -0.15) is 0 Å². The number of carbonyl (C=O) groups is 1. The first kappa shape index (κ1) is 20.0. The minimum atomic E-state index is 0.0985. The van der Waals surface area contributed by atoms with E-state index in [1.807, 2.05) is 30.3 Å². The summed E-state index contributed by atoms with van der Waals surface area (Å²) in [6, 6.07) is 9.73. The molecule has 3 rings (SSSR count). The van der Waals surface area contributed by atoms with Crippen molar-refractivity contribution in [3.05, 3.63) is 42.1 Å². The highest BCUT2D eigenvalue weighted by Gasteiger charge is 2.21. The molecule has 1 saturated carbocycles. The lowest BCUT2D eigenvalue weighted by Gasteiger charge is -2.20. The fourth-order valence-electron chi connectivity index (χ4n) is 3.55. The third-order valence-corrected chi connectivity index (χ3v) is 5.18. The lowest BCUT2D eigenvalue weighted by atomic mass is 9.89. The molecule has 6 heteroatoms. The molecule has 1 aromatic carbocycles. The summed E-state index contributed by atoms with van der Waals surface area (Å²) < 4.78 is 10.6. The van der Waals surface area contributed by atoms with Crippen molar-refractivity contribution in [2.45, 2.75) is 38.5 Å². The number of hydrogen-bond donors (Lipinski definition) is 2. The van der Waals surface area contributed by atoms with E-state index in [0.717, 1.165) is 61.4 Å². The van der Waals surface area contributed by atoms with Crippen LogP contribution in [0, 0.1) is 5.92 Å². The maximum absolute atomic E-state index is 12.3. The molecule has 28 heavy (non-hydrogen) atoms. The number of carbonyl (C=O) groups excluding carboxylic acids is 1. The van der Waals surface area contributed by atoms with Crippen LogP contribution in [0.5, 0.6) is 11.5 Å². The molecule has 0 atom stereocenters. The zero-order chi connectivity index (χ0) is 19.8. The SMILES string of the molecule is COc1ccc(CCNc2ccc(NC(=O)C3CCCCC3)nc2)cc1OC. The molecule has 150 valence electrons. The maximum atomic E-state index is 12.3. The van der Waals surface area contributed by atoms with Gasteiger partial charge in [0.2, 0.25) is 5.91 Å². The zero-order valence-corrected chi connectivity index (χ0v) is 16.7. The van der Waals surface area contributed by atoms with Crippen LogP contribution in [0.15, 0.2) is 36.5 Å². The van der Waals surface area contributed by atoms with Gasteiger partial charge in [0.1, 0.15) is 5.82 Å². The van der Waals surface area contributed by atoms with Gasteiger partial charge >= 0.3 is 0 Å². The van der Waals surface area contributed by atoms with E-state index in [4.69, 9.17) is 9.47 Å². The molecule has 1 heterocycles. The third kappa shape index (κ3) is 5.38. The number of pyridine rings is 1. The van der Waals surface area contributed by atoms with Crippen LogP contribution < -0.4 is 20.1 Å². The van der Waals surface area contributed by atoms with Crippen molar-refractivity contribution in [2.75, 3.05) is 31.4 Å². The second-order valence-electron chi connectivity index (χ2n) is 7.12. The number of benzene rings is 1. The molecule has 1 aromatic heterocycles. The summed E-state index contributed by atoms with van der Waals surface area (Å²) in [6.07, 6.45) is 8.11. The molecular formula is C22H29N3O3. The number of aromatic nitrogens is 1. The van der Waals surface area contributed by atoms with Gasteiger partial charge < -0.3 is 20.1 Å². The largest absolute Gasteiger partial charge is 0.493 e. The summed E-state index contributed by atoms with van der Waals surface area (Å²) in [5, 5.41) is 6.30. The molecule has 1 aliphatic carbocycles. The number of nitrogens with one attached hydrogen (secondary N) is 2. The first-order chi connectivity index (χ1) is 13.7. The molecule has 2 N–H and O–H groups in total. The van der Waals surface area contributed by atoms with Crippen LogP contribution in [0.1, 0.15) is 37.7 Å². The maximum Gasteiger partial charge on any atom is 0.228 e. The van der Waals surface area contributed by atoms with Crippen molar-refractivity contribution < 1.29 is 14.3 Å². The molecule has 0 unspecified atom stereocenters. The number of anilines is 2. The van der Waals surface area contributed by atoms with Crippen molar-refractivity contribution in [3.63, 3.8) is 0 Å². The Balaban J connectivity index is 1.47. The van der Waals surface area contributed by atoms with Crippen LogP contribution in [-0.2, 0) is 11.2 Å². The molecule has 1 amide bonds. The molecule has 6 nitrogen and oxygen atoms in total. The quantitative estimate of drug-likeness (QED) is 0.712. The fraction of sp³-hybridized carbons (Fsp3) is 0.455. The summed E-state index contributed by atoms with van der Waals surface area (Å²) in [5.74, 6) is 2.31. The number of hydrogen-bond acceptors (Lipinski definition) is 5. The molecule has 2 aromatic rings. The van der Waals surface area contributed by atoms with Gasteiger partial charge in [0.15, 0.2) is 11.5 Å². The number of rotatable bonds is 8. The van der Waals surface area contributed by atoms with Crippen molar-refractivity contribution in [1.82, 2.24) is 4.98 Å². The summed E-state index contributed by atoms with van der Waals surface area (Å²) in [5.41, 5.74) is 2.09. The fourth-order valence-corrected chi connectivity index (χ4v) is 3.55. The zero-order valence-electron chi connectivity index (χ0n) is 16.7. The molecular weight excluding hydrogens is 354 g/mol. The average molecular weight is 383 g/mol. The Hall–Kier alpha value is -2.76. The Morgan fingerprint density at radius 1 is 1.07 bits per heavy atom. The van der Waals surface area contributed by atoms with Crippen LogP contribution in [0.3, 0.4) is 0 Å². The van der Waals surface area contributed by atoms with Crippen LogP contribution >= 0.6 is 0 Å². The van der Waals surface area contributed by atoms with E-state index in [1.54, 1.807) is 20.4 Å². The molecule has 1 aliphatic rings. The summed E-state index contributed by atoms with van der Waals surface area (Å²) in [6.45, 7) is 0.769. The molecule has 0 radical (unpaired) electrons. The van der Waals surface area contributed by atoms with Crippen molar-refractivity contribution in [2.24, 2.45) is 5.92 Å². The van der Waals surface area contributed by atoms with E-state index in [1.165, 1.54) is 6.42 Å². The van der Waals surface area contributed by atoms with E-state index in [2.05, 4.69) is 15.6 Å². The van der Waals surface area contributed by atoms with Crippen LogP contribution in [0.4, 0.5) is 11.5 Å². The van der Waals surface area contributed by atoms with Crippen LogP contribution in [0.2, 0.25) is 0 Å². The minimum absolute atomic E-state index is 0.0985. The second kappa shape index (κ2) is 9.97. The summed E-state index contributed by atoms with van der Waals surface area (Å²) in [7, 11) is 3.27. The highest BCUT2D eigenvalue weighted by molar-refractivity contribution is 5.91. The predicted octanol–water partition coefficient (Wildman–Crippen LogP) is 4.27. The smallest absolute Gasteiger partial charge is 0.228 e. The van der Waals surface area contributed by atoms with Gasteiger partial charge in [-0.25, -0.2) is 4.98 Å². The van der Waals surface area contributed by atoms with E-state index in [9.17, 15) is 4.79 Å². The molecule has 0 bridgehead atoms. The third-order valence-electron chi connectivity index (χ3n) is 5.18. The number of nitrogens with zero attached hydrogens (tertiary/aromatic N) is 1. The lowest BCUT2D eigenvalue weighted by Crippen LogP contribution is -2.25. The summed E-state index contributed by atoms with van der Waals surface area (Å²) >= 11 is 0. The predicted molar refractivity (Wildman–Crippen MR) is 111 cm³/mol. The van der Waals surface area contributed by atoms with Gasteiger partial charge in [-0.05, 0) is 49.1 Å². The van der Waals surface area contributed by atoms with E-state index in [-0.39, 0.29) is 11.8 Å². The van der Waals surface area contributed by atoms with Gasteiger partial charge in [-0.3, -0.25) is 4.79 Å². The van der Waals surface area contributed by atoms with Gasteiger partial charge in [0, 0.05) is 12.5 Å². The molecule has 0 aliphatic heterocycles. The van der Waals surface area contributed by atoms with E-state index < -0.39 is 0 Å². The topological polar surface area (TPSA) is 72.5 Å². The van der Waals surface area contributed by atoms with Crippen LogP contribution in [0.25, 0.3) is 0 Å². The monoisotopic (exact) mass is 383 g/mol. The Bertz CT molecular complexity index is 771. The molecule has 1 fully saturated rings. The summed E-state index contributed by atoms with van der Waals surface area (Å²) in [4.78, 5) is 16.7. The van der Waals surface area contributed by atoms with Crippen molar-refractivity contribution >= 4 is 17.4 Å². The number of methoxy groups -OCH3 is 2. The number of ether oxygens (including phenoxy) is 2. The Morgan fingerprint density at radius 3 is 2.54 bits per heavy atom. The van der Waals surface area contributed by atoms with Gasteiger partial charge in [0.05, 0.1) is 26.1 Å².